The Bertz CT molecular complexity index is 351. The third kappa shape index (κ3) is 4.37. The van der Waals surface area contributed by atoms with E-state index in [1.54, 1.807) is 6.92 Å². The van der Waals surface area contributed by atoms with Crippen molar-refractivity contribution < 1.29 is 17.6 Å². The predicted octanol–water partition coefficient (Wildman–Crippen LogP) is 3.51. The average Bonchev–Trinajstić information content (AvgIpc) is 1.99. The molecule has 0 aliphatic rings. The maximum Gasteiger partial charge on any atom is 0.390 e. The van der Waals surface area contributed by atoms with E-state index in [0.717, 1.165) is 0 Å². The van der Waals surface area contributed by atoms with Gasteiger partial charge in [0.15, 0.2) is 0 Å². The van der Waals surface area contributed by atoms with Gasteiger partial charge in [0, 0.05) is 11.6 Å². The summed E-state index contributed by atoms with van der Waals surface area (Å²) in [6, 6.07) is 2.66. The molecule has 0 unspecified atom stereocenters. The molecule has 92 valence electrons. The highest BCUT2D eigenvalue weighted by Gasteiger charge is 2.31. The molecule has 1 nitrogen and oxygen atoms in total. The van der Waals surface area contributed by atoms with Gasteiger partial charge in [-0.05, 0) is 18.6 Å². The van der Waals surface area contributed by atoms with Crippen LogP contribution in [0.4, 0.5) is 17.6 Å². The molecule has 1 rings (SSSR count). The third-order valence-electron chi connectivity index (χ3n) is 2.01. The van der Waals surface area contributed by atoms with Crippen molar-refractivity contribution in [2.24, 2.45) is 5.73 Å². The number of aryl methyl sites for hydroxylation is 1. The molecule has 0 amide bonds. The number of rotatable bonds is 2. The number of hydrogen-bond donors (Lipinski definition) is 1. The highest BCUT2D eigenvalue weighted by molar-refractivity contribution is 5.85. The molecule has 0 aromatic heterocycles. The van der Waals surface area contributed by atoms with Crippen LogP contribution in [0.25, 0.3) is 0 Å². The minimum Gasteiger partial charge on any atom is -0.324 e. The van der Waals surface area contributed by atoms with Crippen LogP contribution in [-0.4, -0.2) is 6.18 Å². The van der Waals surface area contributed by atoms with Crippen LogP contribution in [0.1, 0.15) is 23.6 Å². The fourth-order valence-corrected chi connectivity index (χ4v) is 1.29. The summed E-state index contributed by atoms with van der Waals surface area (Å²) in [5, 5.41) is 0. The molecule has 0 spiro atoms. The van der Waals surface area contributed by atoms with Gasteiger partial charge in [-0.1, -0.05) is 12.1 Å². The zero-order chi connectivity index (χ0) is 11.6. The van der Waals surface area contributed by atoms with Crippen molar-refractivity contribution in [2.75, 3.05) is 0 Å². The molecule has 1 aromatic carbocycles. The fourth-order valence-electron chi connectivity index (χ4n) is 1.29. The van der Waals surface area contributed by atoms with Gasteiger partial charge in [0.05, 0.1) is 6.42 Å². The highest BCUT2D eigenvalue weighted by Crippen LogP contribution is 2.29. The highest BCUT2D eigenvalue weighted by atomic mass is 35.5. The average molecular weight is 258 g/mol. The largest absolute Gasteiger partial charge is 0.390 e. The molecular weight excluding hydrogens is 246 g/mol. The lowest BCUT2D eigenvalue weighted by Crippen LogP contribution is -2.21. The van der Waals surface area contributed by atoms with Crippen LogP contribution in [0, 0.1) is 12.7 Å². The van der Waals surface area contributed by atoms with Crippen molar-refractivity contribution in [1.82, 2.24) is 0 Å². The first-order valence-electron chi connectivity index (χ1n) is 4.38. The van der Waals surface area contributed by atoms with Crippen molar-refractivity contribution >= 4 is 12.4 Å². The molecule has 0 aliphatic heterocycles. The lowest BCUT2D eigenvalue weighted by Gasteiger charge is -2.15. The van der Waals surface area contributed by atoms with Crippen LogP contribution < -0.4 is 5.73 Å². The lowest BCUT2D eigenvalue weighted by molar-refractivity contribution is -0.138. The van der Waals surface area contributed by atoms with Crippen LogP contribution >= 0.6 is 12.4 Å². The summed E-state index contributed by atoms with van der Waals surface area (Å²) < 4.78 is 49.2. The Morgan fingerprint density at radius 3 is 2.31 bits per heavy atom. The fraction of sp³-hybridized carbons (Fsp3) is 0.400. The van der Waals surface area contributed by atoms with Gasteiger partial charge in [0.1, 0.15) is 5.82 Å². The number of halogens is 5. The smallest absolute Gasteiger partial charge is 0.324 e. The van der Waals surface area contributed by atoms with Gasteiger partial charge in [0.25, 0.3) is 0 Å². The van der Waals surface area contributed by atoms with E-state index in [9.17, 15) is 17.6 Å². The van der Waals surface area contributed by atoms with Crippen molar-refractivity contribution in [2.45, 2.75) is 25.6 Å². The SMILES string of the molecule is Cc1ccc([C@@H](N)CC(F)(F)F)c(F)c1.Cl. The van der Waals surface area contributed by atoms with Crippen LogP contribution in [-0.2, 0) is 0 Å². The first kappa shape index (κ1) is 15.2. The molecule has 0 fully saturated rings. The summed E-state index contributed by atoms with van der Waals surface area (Å²) in [5.41, 5.74) is 5.82. The van der Waals surface area contributed by atoms with Crippen molar-refractivity contribution in [1.29, 1.82) is 0 Å². The molecule has 0 aliphatic carbocycles. The lowest BCUT2D eigenvalue weighted by atomic mass is 10.0. The van der Waals surface area contributed by atoms with Gasteiger partial charge >= 0.3 is 6.18 Å². The van der Waals surface area contributed by atoms with Crippen molar-refractivity contribution in [3.05, 3.63) is 35.1 Å². The van der Waals surface area contributed by atoms with Gasteiger partial charge < -0.3 is 5.73 Å². The second-order valence-corrected chi connectivity index (χ2v) is 3.45. The van der Waals surface area contributed by atoms with Crippen molar-refractivity contribution in [3.63, 3.8) is 0 Å². The molecule has 6 heteroatoms. The van der Waals surface area contributed by atoms with E-state index in [1.807, 2.05) is 0 Å². The van der Waals surface area contributed by atoms with Crippen LogP contribution in [0.2, 0.25) is 0 Å². The second kappa shape index (κ2) is 5.50. The van der Waals surface area contributed by atoms with Crippen LogP contribution in [0.3, 0.4) is 0 Å². The maximum absolute atomic E-state index is 13.2. The van der Waals surface area contributed by atoms with Gasteiger partial charge in [-0.2, -0.15) is 13.2 Å². The number of nitrogens with two attached hydrogens (primary N) is 1. The Hall–Kier alpha value is -0.810. The van der Waals surface area contributed by atoms with E-state index in [2.05, 4.69) is 0 Å². The molecule has 1 aromatic rings. The Kier molecular flexibility index (Phi) is 5.22. The van der Waals surface area contributed by atoms with E-state index >= 15 is 0 Å². The monoisotopic (exact) mass is 257 g/mol. The van der Waals surface area contributed by atoms with E-state index in [0.29, 0.717) is 5.56 Å². The molecule has 0 bridgehead atoms. The minimum atomic E-state index is -4.38. The van der Waals surface area contributed by atoms with Crippen molar-refractivity contribution in [3.8, 4) is 0 Å². The van der Waals surface area contributed by atoms with E-state index in [4.69, 9.17) is 5.73 Å². The quantitative estimate of drug-likeness (QED) is 0.806. The predicted molar refractivity (Wildman–Crippen MR) is 56.0 cm³/mol. The number of alkyl halides is 3. The first-order chi connectivity index (χ1) is 6.79. The van der Waals surface area contributed by atoms with Crippen LogP contribution in [0.5, 0.6) is 0 Å². The normalized spacial score (nSPS) is 13.1. The van der Waals surface area contributed by atoms with Crippen LogP contribution in [0.15, 0.2) is 18.2 Å². The van der Waals surface area contributed by atoms with E-state index in [-0.39, 0.29) is 18.0 Å². The summed E-state index contributed by atoms with van der Waals surface area (Å²) in [6.07, 6.45) is -5.59. The Morgan fingerprint density at radius 1 is 1.31 bits per heavy atom. The summed E-state index contributed by atoms with van der Waals surface area (Å²) in [5.74, 6) is -0.688. The van der Waals surface area contributed by atoms with E-state index in [1.165, 1.54) is 18.2 Å². The zero-order valence-corrected chi connectivity index (χ0v) is 9.33. The molecular formula is C10H12ClF4N. The molecule has 0 heterocycles. The van der Waals surface area contributed by atoms with Gasteiger partial charge in [0.2, 0.25) is 0 Å². The maximum atomic E-state index is 13.2. The second-order valence-electron chi connectivity index (χ2n) is 3.45. The Morgan fingerprint density at radius 2 is 1.88 bits per heavy atom. The minimum absolute atomic E-state index is 0. The summed E-state index contributed by atoms with van der Waals surface area (Å²) in [4.78, 5) is 0. The first-order valence-corrected chi connectivity index (χ1v) is 4.38. The van der Waals surface area contributed by atoms with Gasteiger partial charge in [-0.15, -0.1) is 12.4 Å². The van der Waals surface area contributed by atoms with E-state index < -0.39 is 24.5 Å². The third-order valence-corrected chi connectivity index (χ3v) is 2.01. The number of benzene rings is 1. The van der Waals surface area contributed by atoms with Gasteiger partial charge in [-0.25, -0.2) is 4.39 Å². The zero-order valence-electron chi connectivity index (χ0n) is 8.51. The summed E-state index contributed by atoms with van der Waals surface area (Å²) >= 11 is 0. The standard InChI is InChI=1S/C10H11F4N.ClH/c1-6-2-3-7(8(11)4-6)9(15)5-10(12,13)14;/h2-4,9H,5,15H2,1H3;1H/t9-;/m0./s1. The summed E-state index contributed by atoms with van der Waals surface area (Å²) in [6.45, 7) is 1.65. The Balaban J connectivity index is 0.00000225. The molecule has 16 heavy (non-hydrogen) atoms. The number of hydrogen-bond acceptors (Lipinski definition) is 1. The molecule has 0 saturated heterocycles. The topological polar surface area (TPSA) is 26.0 Å². The molecule has 2 N–H and O–H groups in total. The van der Waals surface area contributed by atoms with Gasteiger partial charge in [-0.3, -0.25) is 0 Å². The Labute approximate surface area is 97.0 Å². The molecule has 1 atom stereocenters. The molecule has 0 saturated carbocycles. The molecule has 0 radical (unpaired) electrons. The summed E-state index contributed by atoms with van der Waals surface area (Å²) in [7, 11) is 0.